The number of halogens is 5. The number of methoxy groups -OCH3 is 1. The van der Waals surface area contributed by atoms with E-state index in [0.29, 0.717) is 25.8 Å². The van der Waals surface area contributed by atoms with Crippen molar-refractivity contribution >= 4 is 33.2 Å². The Morgan fingerprint density at radius 2 is 2.02 bits per heavy atom. The molecule has 3 saturated heterocycles. The summed E-state index contributed by atoms with van der Waals surface area (Å²) in [6, 6.07) is 1.74. The molecule has 9 nitrogen and oxygen atoms in total. The topological polar surface area (TPSA) is 98.9 Å². The summed E-state index contributed by atoms with van der Waals surface area (Å²) in [7, 11) is -3.23. The van der Waals surface area contributed by atoms with Crippen molar-refractivity contribution < 1.29 is 43.0 Å². The highest BCUT2D eigenvalue weighted by molar-refractivity contribution is 6.04. The maximum atomic E-state index is 17.0. The number of fused-ring (bicyclic) bond motifs is 4. The van der Waals surface area contributed by atoms with Gasteiger partial charge in [-0.05, 0) is 49.4 Å². The van der Waals surface area contributed by atoms with Crippen LogP contribution in [0, 0.1) is 17.5 Å². The molecule has 4 fully saturated rings. The number of hydrogen-bond acceptors (Lipinski definition) is 9. The predicted octanol–water partition coefficient (Wildman–Crippen LogP) is 5.12. The van der Waals surface area contributed by atoms with Gasteiger partial charge >= 0.3 is 6.01 Å². The fraction of sp³-hybridized carbons (Fsp3) is 0.469. The molecule has 46 heavy (non-hydrogen) atoms. The zero-order valence-electron chi connectivity index (χ0n) is 29.2. The van der Waals surface area contributed by atoms with Gasteiger partial charge in [-0.15, -0.1) is 0 Å². The molecular formula is C32H31F5N6O3. The predicted molar refractivity (Wildman–Crippen MR) is 160 cm³/mol. The van der Waals surface area contributed by atoms with Gasteiger partial charge < -0.3 is 24.8 Å². The maximum Gasteiger partial charge on any atom is 0.319 e. The summed E-state index contributed by atoms with van der Waals surface area (Å²) >= 11 is 0. The van der Waals surface area contributed by atoms with E-state index >= 15 is 8.78 Å². The van der Waals surface area contributed by atoms with Crippen molar-refractivity contribution in [2.75, 3.05) is 50.5 Å². The zero-order valence-corrected chi connectivity index (χ0v) is 24.2. The van der Waals surface area contributed by atoms with Crippen LogP contribution in [0.25, 0.3) is 32.9 Å². The summed E-state index contributed by atoms with van der Waals surface area (Å²) in [5.41, 5.74) is 3.45. The van der Waals surface area contributed by atoms with Gasteiger partial charge in [0, 0.05) is 49.0 Å². The Hall–Kier alpha value is -4.04. The van der Waals surface area contributed by atoms with E-state index in [1.54, 1.807) is 9.80 Å². The van der Waals surface area contributed by atoms with Crippen molar-refractivity contribution in [3.05, 3.63) is 41.8 Å². The minimum atomic E-state index is -3.23. The van der Waals surface area contributed by atoms with E-state index in [0.717, 1.165) is 6.07 Å². The number of nitrogens with two attached hydrogens (primary N) is 1. The lowest BCUT2D eigenvalue weighted by Crippen LogP contribution is -2.43. The van der Waals surface area contributed by atoms with Gasteiger partial charge in [-0.25, -0.2) is 17.6 Å². The van der Waals surface area contributed by atoms with Gasteiger partial charge in [0.05, 0.1) is 30.9 Å². The molecule has 5 heterocycles. The van der Waals surface area contributed by atoms with Crippen molar-refractivity contribution in [1.82, 2.24) is 19.9 Å². The first-order chi connectivity index (χ1) is 24.1. The van der Waals surface area contributed by atoms with Gasteiger partial charge in [0.15, 0.2) is 23.6 Å². The Kier molecular flexibility index (Phi) is 5.66. The monoisotopic (exact) mass is 647 g/mol. The van der Waals surface area contributed by atoms with Gasteiger partial charge in [0.25, 0.3) is 0 Å². The summed E-state index contributed by atoms with van der Waals surface area (Å²) in [5, 5.41) is -0.481. The Labute approximate surface area is 267 Å². The third kappa shape index (κ3) is 4.51. The van der Waals surface area contributed by atoms with E-state index < -0.39 is 84.0 Å². The third-order valence-electron chi connectivity index (χ3n) is 9.37. The second-order valence-electron chi connectivity index (χ2n) is 12.2. The van der Waals surface area contributed by atoms with Crippen LogP contribution in [0.4, 0.5) is 33.5 Å². The lowest BCUT2D eigenvalue weighted by atomic mass is 9.95. The third-order valence-corrected chi connectivity index (χ3v) is 9.37. The highest BCUT2D eigenvalue weighted by Crippen LogP contribution is 2.45. The van der Waals surface area contributed by atoms with Crippen LogP contribution in [0.3, 0.4) is 0 Å². The van der Waals surface area contributed by atoms with Crippen molar-refractivity contribution in [2.45, 2.75) is 55.7 Å². The van der Waals surface area contributed by atoms with E-state index in [-0.39, 0.29) is 59.3 Å². The zero-order chi connectivity index (χ0) is 36.2. The summed E-state index contributed by atoms with van der Waals surface area (Å²) in [4.78, 5) is 16.3. The van der Waals surface area contributed by atoms with Crippen LogP contribution in [0.2, 0.25) is 0 Å². The van der Waals surface area contributed by atoms with E-state index in [2.05, 4.69) is 15.0 Å². The number of ether oxygens (including phenoxy) is 3. The smallest absolute Gasteiger partial charge is 0.319 e. The average Bonchev–Trinajstić information content (AvgIpc) is 3.40. The van der Waals surface area contributed by atoms with Crippen molar-refractivity contribution in [3.8, 4) is 23.0 Å². The number of hydrogen-bond donors (Lipinski definition) is 1. The standard InChI is InChI=1S/C32H31F5N6O3/c1-44-28-21-15(9-20(34)22(28)35)8-17(38)10-18(21)25-23(36)26-19(12-39-25)30(43-6-3-7-45-29-24(37)27(29)43)41-31(40-26)46-14-32-4-2-5-42(32)13-16(33)11-32/h8-10,12,16,24,27,29H,2-7,11,13-14,38H2,1H3/t16-,24-,27-,29+,32+/m1/s1/i1D3,14D2. The van der Waals surface area contributed by atoms with Gasteiger partial charge in [-0.3, -0.25) is 9.88 Å². The maximum absolute atomic E-state index is 17.0. The second-order valence-corrected chi connectivity index (χ2v) is 12.2. The Morgan fingerprint density at radius 3 is 2.87 bits per heavy atom. The van der Waals surface area contributed by atoms with Crippen LogP contribution >= 0.6 is 0 Å². The molecule has 2 aromatic carbocycles. The molecule has 0 unspecified atom stereocenters. The number of rotatable bonds is 6. The van der Waals surface area contributed by atoms with E-state index in [1.807, 2.05) is 0 Å². The first kappa shape index (κ1) is 24.2. The van der Waals surface area contributed by atoms with Crippen molar-refractivity contribution in [2.24, 2.45) is 0 Å². The minimum Gasteiger partial charge on any atom is -0.493 e. The molecule has 0 radical (unpaired) electrons. The second kappa shape index (κ2) is 10.8. The number of alkyl halides is 2. The highest BCUT2D eigenvalue weighted by Gasteiger charge is 2.58. The van der Waals surface area contributed by atoms with Crippen LogP contribution in [-0.4, -0.2) is 89.7 Å². The highest BCUT2D eigenvalue weighted by atomic mass is 19.2. The quantitative estimate of drug-likeness (QED) is 0.226. The minimum absolute atomic E-state index is 0.0151. The molecular weight excluding hydrogens is 611 g/mol. The SMILES string of the molecule is [2H]C([2H])([2H])Oc1c(F)c(F)cc2cc(N)cc(-c3ncc4c(N5CCCO[C@H]6[C@H](F)[C@H]65)nc(OC([2H])([2H])[C@@]56CCCN5C[C@H](F)C6)nc4c3F)c12. The molecule has 14 heteroatoms. The molecule has 0 amide bonds. The van der Waals surface area contributed by atoms with Crippen molar-refractivity contribution in [3.63, 3.8) is 0 Å². The van der Waals surface area contributed by atoms with Crippen LogP contribution in [0.5, 0.6) is 11.8 Å². The largest absolute Gasteiger partial charge is 0.493 e. The van der Waals surface area contributed by atoms with Crippen LogP contribution < -0.4 is 20.1 Å². The molecule has 4 aliphatic rings. The summed E-state index contributed by atoms with van der Waals surface area (Å²) in [5.74, 6) is -5.29. The lowest BCUT2D eigenvalue weighted by molar-refractivity contribution is 0.105. The summed E-state index contributed by atoms with van der Waals surface area (Å²) in [6.45, 7) is -1.59. The molecule has 1 saturated carbocycles. The molecule has 8 rings (SSSR count). The van der Waals surface area contributed by atoms with Crippen LogP contribution in [0.15, 0.2) is 24.4 Å². The average molecular weight is 648 g/mol. The molecule has 0 spiro atoms. The van der Waals surface area contributed by atoms with Gasteiger partial charge in [-0.2, -0.15) is 14.4 Å². The first-order valence-electron chi connectivity index (χ1n) is 17.5. The first-order valence-corrected chi connectivity index (χ1v) is 15.0. The van der Waals surface area contributed by atoms with Crippen molar-refractivity contribution in [1.29, 1.82) is 0 Å². The molecule has 0 bridgehead atoms. The number of pyridine rings is 1. The fourth-order valence-corrected chi connectivity index (χ4v) is 7.25. The van der Waals surface area contributed by atoms with Crippen LogP contribution in [0.1, 0.15) is 32.5 Å². The molecule has 3 aliphatic heterocycles. The van der Waals surface area contributed by atoms with Gasteiger partial charge in [0.2, 0.25) is 5.82 Å². The number of aromatic nitrogens is 3. The Bertz CT molecular complexity index is 2080. The molecule has 2 aromatic heterocycles. The van der Waals surface area contributed by atoms with Crippen LogP contribution in [-0.2, 0) is 4.74 Å². The Morgan fingerprint density at radius 1 is 1.15 bits per heavy atom. The molecule has 242 valence electrons. The normalized spacial score (nSPS) is 29.8. The number of nitrogens with zero attached hydrogens (tertiary/aromatic N) is 5. The summed E-state index contributed by atoms with van der Waals surface area (Å²) < 4.78 is 133. The molecule has 2 N–H and O–H groups in total. The van der Waals surface area contributed by atoms with Gasteiger partial charge in [0.1, 0.15) is 35.9 Å². The molecule has 5 atom stereocenters. The molecule has 1 aliphatic carbocycles. The summed E-state index contributed by atoms with van der Waals surface area (Å²) in [6.07, 6.45) is -1.07. The Balaban J connectivity index is 1.33. The molecule has 4 aromatic rings. The number of benzene rings is 2. The van der Waals surface area contributed by atoms with Gasteiger partial charge in [-0.1, -0.05) is 0 Å². The lowest BCUT2D eigenvalue weighted by Gasteiger charge is -2.31. The number of anilines is 2. The van der Waals surface area contributed by atoms with E-state index in [1.165, 1.54) is 18.3 Å². The fourth-order valence-electron chi connectivity index (χ4n) is 7.25. The number of nitrogen functional groups attached to an aromatic ring is 1. The van der Waals surface area contributed by atoms with E-state index in [4.69, 9.17) is 26.8 Å². The van der Waals surface area contributed by atoms with E-state index in [9.17, 15) is 13.2 Å².